The summed E-state index contributed by atoms with van der Waals surface area (Å²) < 4.78 is 4.81. The molecule has 0 aliphatic carbocycles. The quantitative estimate of drug-likeness (QED) is 0.834. The molecule has 3 rings (SSSR count). The second kappa shape index (κ2) is 7.16. The average Bonchev–Trinajstić information content (AvgIpc) is 2.64. The van der Waals surface area contributed by atoms with Crippen LogP contribution in [0, 0.1) is 0 Å². The Labute approximate surface area is 140 Å². The van der Waals surface area contributed by atoms with Gasteiger partial charge in [0.1, 0.15) is 12.0 Å². The number of piperidine rings is 1. The van der Waals surface area contributed by atoms with E-state index in [0.29, 0.717) is 22.8 Å². The van der Waals surface area contributed by atoms with Gasteiger partial charge in [-0.05, 0) is 31.4 Å². The first-order valence-corrected chi connectivity index (χ1v) is 8.00. The van der Waals surface area contributed by atoms with Crippen LogP contribution in [0.4, 0.5) is 23.0 Å². The number of nitrogens with one attached hydrogen (secondary N) is 1. The molecule has 0 unspecified atom stereocenters. The smallest absolute Gasteiger partial charge is 0.339 e. The van der Waals surface area contributed by atoms with Crippen LogP contribution >= 0.6 is 0 Å². The summed E-state index contributed by atoms with van der Waals surface area (Å²) in [5, 5.41) is 3.13. The number of benzene rings is 1. The highest BCUT2D eigenvalue weighted by Crippen LogP contribution is 2.31. The van der Waals surface area contributed by atoms with E-state index in [1.54, 1.807) is 18.2 Å². The molecule has 1 aromatic heterocycles. The van der Waals surface area contributed by atoms with E-state index in [0.717, 1.165) is 31.7 Å². The molecule has 1 saturated heterocycles. The van der Waals surface area contributed by atoms with Crippen LogP contribution in [0.25, 0.3) is 0 Å². The predicted molar refractivity (Wildman–Crippen MR) is 93.6 cm³/mol. The van der Waals surface area contributed by atoms with Crippen LogP contribution in [0.15, 0.2) is 30.6 Å². The van der Waals surface area contributed by atoms with Crippen molar-refractivity contribution in [1.29, 1.82) is 0 Å². The standard InChI is InChI=1S/C17H21N5O2/c1-24-17(23)12-7-3-4-8-13(12)21-15-14(18)16(20-11-19-15)22-9-5-2-6-10-22/h3-4,7-8,11H,2,5-6,9-10,18H2,1H3,(H,19,20,21). The Morgan fingerprint density at radius 1 is 1.21 bits per heavy atom. The SMILES string of the molecule is COC(=O)c1ccccc1Nc1ncnc(N2CCCCC2)c1N. The van der Waals surface area contributed by atoms with Gasteiger partial charge in [0.2, 0.25) is 0 Å². The van der Waals surface area contributed by atoms with E-state index in [1.807, 2.05) is 6.07 Å². The number of esters is 1. The van der Waals surface area contributed by atoms with Crippen molar-refractivity contribution in [3.05, 3.63) is 36.2 Å². The fourth-order valence-corrected chi connectivity index (χ4v) is 2.85. The van der Waals surface area contributed by atoms with Crippen molar-refractivity contribution in [3.8, 4) is 0 Å². The molecular formula is C17H21N5O2. The molecule has 0 radical (unpaired) electrons. The first kappa shape index (κ1) is 16.0. The number of nitrogens with zero attached hydrogens (tertiary/aromatic N) is 3. The second-order valence-corrected chi connectivity index (χ2v) is 5.67. The van der Waals surface area contributed by atoms with Gasteiger partial charge in [-0.15, -0.1) is 0 Å². The maximum Gasteiger partial charge on any atom is 0.339 e. The maximum atomic E-state index is 11.9. The Balaban J connectivity index is 1.90. The molecular weight excluding hydrogens is 306 g/mol. The summed E-state index contributed by atoms with van der Waals surface area (Å²) >= 11 is 0. The third-order valence-electron chi connectivity index (χ3n) is 4.10. The topological polar surface area (TPSA) is 93.4 Å². The highest BCUT2D eigenvalue weighted by molar-refractivity contribution is 5.97. The van der Waals surface area contributed by atoms with E-state index in [4.69, 9.17) is 10.5 Å². The van der Waals surface area contributed by atoms with Crippen molar-refractivity contribution in [1.82, 2.24) is 9.97 Å². The molecule has 1 fully saturated rings. The Morgan fingerprint density at radius 3 is 2.71 bits per heavy atom. The van der Waals surface area contributed by atoms with E-state index < -0.39 is 5.97 Å². The van der Waals surface area contributed by atoms with Crippen molar-refractivity contribution in [2.75, 3.05) is 36.1 Å². The number of rotatable bonds is 4. The highest BCUT2D eigenvalue weighted by Gasteiger charge is 2.19. The van der Waals surface area contributed by atoms with Crippen molar-refractivity contribution >= 4 is 29.0 Å². The van der Waals surface area contributed by atoms with Gasteiger partial charge in [0.05, 0.1) is 18.4 Å². The molecule has 3 N–H and O–H groups in total. The predicted octanol–water partition coefficient (Wildman–Crippen LogP) is 2.58. The average molecular weight is 327 g/mol. The maximum absolute atomic E-state index is 11.9. The molecule has 0 spiro atoms. The summed E-state index contributed by atoms with van der Waals surface area (Å²) in [6.45, 7) is 1.89. The number of aromatic nitrogens is 2. The fraction of sp³-hybridized carbons (Fsp3) is 0.353. The molecule has 1 aliphatic rings. The molecule has 1 aliphatic heterocycles. The molecule has 24 heavy (non-hydrogen) atoms. The summed E-state index contributed by atoms with van der Waals surface area (Å²) in [4.78, 5) is 22.6. The van der Waals surface area contributed by atoms with Gasteiger partial charge in [-0.1, -0.05) is 12.1 Å². The first-order chi connectivity index (χ1) is 11.7. The number of nitrogen functional groups attached to an aromatic ring is 1. The number of hydrogen-bond donors (Lipinski definition) is 2. The van der Waals surface area contributed by atoms with Gasteiger partial charge in [-0.3, -0.25) is 0 Å². The third-order valence-corrected chi connectivity index (χ3v) is 4.10. The molecule has 2 heterocycles. The van der Waals surface area contributed by atoms with Crippen molar-refractivity contribution < 1.29 is 9.53 Å². The minimum absolute atomic E-state index is 0.415. The van der Waals surface area contributed by atoms with E-state index in [1.165, 1.54) is 19.9 Å². The molecule has 0 saturated carbocycles. The minimum atomic E-state index is -0.415. The first-order valence-electron chi connectivity index (χ1n) is 8.00. The van der Waals surface area contributed by atoms with Crippen LogP contribution in [0.5, 0.6) is 0 Å². The lowest BCUT2D eigenvalue weighted by Gasteiger charge is -2.29. The number of carbonyl (C=O) groups excluding carboxylic acids is 1. The number of methoxy groups -OCH3 is 1. The van der Waals surface area contributed by atoms with Crippen LogP contribution in [-0.2, 0) is 4.74 Å². The lowest BCUT2D eigenvalue weighted by atomic mass is 10.1. The molecule has 0 bridgehead atoms. The summed E-state index contributed by atoms with van der Waals surface area (Å²) in [5.74, 6) is 0.812. The van der Waals surface area contributed by atoms with Gasteiger partial charge in [0.25, 0.3) is 0 Å². The zero-order valence-corrected chi connectivity index (χ0v) is 13.7. The minimum Gasteiger partial charge on any atom is -0.465 e. The van der Waals surface area contributed by atoms with Gasteiger partial charge >= 0.3 is 5.97 Å². The monoisotopic (exact) mass is 327 g/mol. The van der Waals surface area contributed by atoms with E-state index in [9.17, 15) is 4.79 Å². The summed E-state index contributed by atoms with van der Waals surface area (Å²) in [6, 6.07) is 7.09. The van der Waals surface area contributed by atoms with Gasteiger partial charge < -0.3 is 20.7 Å². The molecule has 2 aromatic rings. The molecule has 0 amide bonds. The number of nitrogens with two attached hydrogens (primary N) is 1. The Hall–Kier alpha value is -2.83. The Kier molecular flexibility index (Phi) is 4.79. The van der Waals surface area contributed by atoms with Gasteiger partial charge in [0, 0.05) is 13.1 Å². The van der Waals surface area contributed by atoms with Gasteiger partial charge in [-0.25, -0.2) is 14.8 Å². The molecule has 0 atom stereocenters. The van der Waals surface area contributed by atoms with Crippen LogP contribution in [-0.4, -0.2) is 36.1 Å². The number of ether oxygens (including phenoxy) is 1. The number of carbonyl (C=O) groups is 1. The Morgan fingerprint density at radius 2 is 1.96 bits per heavy atom. The number of hydrogen-bond acceptors (Lipinski definition) is 7. The molecule has 126 valence electrons. The van der Waals surface area contributed by atoms with Crippen LogP contribution in [0.1, 0.15) is 29.6 Å². The molecule has 7 heteroatoms. The van der Waals surface area contributed by atoms with E-state index in [2.05, 4.69) is 20.2 Å². The zero-order valence-electron chi connectivity index (χ0n) is 13.7. The summed E-state index contributed by atoms with van der Waals surface area (Å²) in [6.07, 6.45) is 5.00. The lowest BCUT2D eigenvalue weighted by Crippen LogP contribution is -2.31. The van der Waals surface area contributed by atoms with E-state index in [-0.39, 0.29) is 0 Å². The normalized spacial score (nSPS) is 14.3. The highest BCUT2D eigenvalue weighted by atomic mass is 16.5. The van der Waals surface area contributed by atoms with Crippen LogP contribution in [0.2, 0.25) is 0 Å². The van der Waals surface area contributed by atoms with Crippen molar-refractivity contribution in [2.45, 2.75) is 19.3 Å². The lowest BCUT2D eigenvalue weighted by molar-refractivity contribution is 0.0602. The van der Waals surface area contributed by atoms with Crippen molar-refractivity contribution in [2.24, 2.45) is 0 Å². The zero-order chi connectivity index (χ0) is 16.9. The molecule has 1 aromatic carbocycles. The Bertz CT molecular complexity index is 729. The number of anilines is 4. The van der Waals surface area contributed by atoms with E-state index >= 15 is 0 Å². The van der Waals surface area contributed by atoms with Crippen molar-refractivity contribution in [3.63, 3.8) is 0 Å². The third kappa shape index (κ3) is 3.24. The summed E-state index contributed by atoms with van der Waals surface area (Å²) in [5.41, 5.74) is 7.79. The molecule has 7 nitrogen and oxygen atoms in total. The summed E-state index contributed by atoms with van der Waals surface area (Å²) in [7, 11) is 1.35. The largest absolute Gasteiger partial charge is 0.465 e. The second-order valence-electron chi connectivity index (χ2n) is 5.67. The fourth-order valence-electron chi connectivity index (χ4n) is 2.85. The van der Waals surface area contributed by atoms with Gasteiger partial charge in [0.15, 0.2) is 11.6 Å². The number of para-hydroxylation sites is 1. The van der Waals surface area contributed by atoms with Crippen LogP contribution in [0.3, 0.4) is 0 Å². The van der Waals surface area contributed by atoms with Crippen LogP contribution < -0.4 is 16.0 Å². The van der Waals surface area contributed by atoms with Gasteiger partial charge in [-0.2, -0.15) is 0 Å².